The number of nitrogen functional groups attached to an aromatic ring is 1. The Kier molecular flexibility index (Phi) is 3.92. The Morgan fingerprint density at radius 1 is 1.47 bits per heavy atom. The van der Waals surface area contributed by atoms with Crippen LogP contribution in [0.1, 0.15) is 0 Å². The summed E-state index contributed by atoms with van der Waals surface area (Å²) in [7, 11) is -3.67. The molecular weight excluding hydrogens is 240 g/mol. The molecule has 0 bridgehead atoms. The number of aliphatic hydroxyl groups is 1. The second kappa shape index (κ2) is 4.80. The van der Waals surface area contributed by atoms with Crippen LogP contribution in [0.3, 0.4) is 0 Å². The molecule has 4 N–H and O–H groups in total. The molecule has 0 saturated carbocycles. The van der Waals surface area contributed by atoms with Gasteiger partial charge in [0.15, 0.2) is 0 Å². The van der Waals surface area contributed by atoms with Crippen molar-refractivity contribution in [1.29, 1.82) is 0 Å². The van der Waals surface area contributed by atoms with Crippen molar-refractivity contribution in [3.8, 4) is 0 Å². The van der Waals surface area contributed by atoms with E-state index >= 15 is 0 Å². The highest BCUT2D eigenvalue weighted by atomic mass is 35.5. The van der Waals surface area contributed by atoms with E-state index < -0.39 is 10.0 Å². The second-order valence-corrected chi connectivity index (χ2v) is 4.95. The van der Waals surface area contributed by atoms with Crippen molar-refractivity contribution in [1.82, 2.24) is 4.72 Å². The first-order chi connectivity index (χ1) is 6.97. The van der Waals surface area contributed by atoms with Gasteiger partial charge in [-0.2, -0.15) is 0 Å². The Bertz CT molecular complexity index is 447. The molecule has 0 fully saturated rings. The molecule has 84 valence electrons. The van der Waals surface area contributed by atoms with E-state index in [2.05, 4.69) is 4.72 Å². The quantitative estimate of drug-likeness (QED) is 0.666. The summed E-state index contributed by atoms with van der Waals surface area (Å²) in [6, 6.07) is 4.12. The third-order valence-corrected chi connectivity index (χ3v) is 3.59. The van der Waals surface area contributed by atoms with Crippen LogP contribution in [0.5, 0.6) is 0 Å². The lowest BCUT2D eigenvalue weighted by molar-refractivity contribution is 0.301. The smallest absolute Gasteiger partial charge is 0.242 e. The lowest BCUT2D eigenvalue weighted by atomic mass is 10.3. The van der Waals surface area contributed by atoms with Crippen LogP contribution in [0, 0.1) is 0 Å². The average Bonchev–Trinajstić information content (AvgIpc) is 2.14. The van der Waals surface area contributed by atoms with Crippen molar-refractivity contribution in [3.63, 3.8) is 0 Å². The Balaban J connectivity index is 3.05. The number of anilines is 1. The van der Waals surface area contributed by atoms with Crippen molar-refractivity contribution >= 4 is 27.3 Å². The lowest BCUT2D eigenvalue weighted by Crippen LogP contribution is -2.26. The van der Waals surface area contributed by atoms with Gasteiger partial charge in [0.2, 0.25) is 10.0 Å². The summed E-state index contributed by atoms with van der Waals surface area (Å²) in [4.78, 5) is -0.0492. The largest absolute Gasteiger partial charge is 0.399 e. The van der Waals surface area contributed by atoms with E-state index in [9.17, 15) is 8.42 Å². The molecule has 0 unspecified atom stereocenters. The van der Waals surface area contributed by atoms with Gasteiger partial charge in [0.05, 0.1) is 11.6 Å². The summed E-state index contributed by atoms with van der Waals surface area (Å²) in [5.41, 5.74) is 5.82. The zero-order valence-electron chi connectivity index (χ0n) is 7.77. The number of halogens is 1. The first-order valence-corrected chi connectivity index (χ1v) is 5.99. The van der Waals surface area contributed by atoms with Gasteiger partial charge in [0.25, 0.3) is 0 Å². The van der Waals surface area contributed by atoms with Crippen molar-refractivity contribution < 1.29 is 13.5 Å². The molecule has 0 aliphatic carbocycles. The average molecular weight is 251 g/mol. The van der Waals surface area contributed by atoms with E-state index in [0.717, 1.165) is 0 Å². The molecule has 5 nitrogen and oxygen atoms in total. The summed E-state index contributed by atoms with van der Waals surface area (Å²) in [6.45, 7) is -0.325. The fraction of sp³-hybridized carbons (Fsp3) is 0.250. The SMILES string of the molecule is Nc1ccc(S(=O)(=O)NCCO)c(Cl)c1. The van der Waals surface area contributed by atoms with Gasteiger partial charge in [-0.1, -0.05) is 11.6 Å². The summed E-state index contributed by atoms with van der Waals surface area (Å²) < 4.78 is 25.3. The maximum atomic E-state index is 11.6. The number of sulfonamides is 1. The molecule has 0 aliphatic heterocycles. The van der Waals surface area contributed by atoms with Crippen LogP contribution in [0.15, 0.2) is 23.1 Å². The van der Waals surface area contributed by atoms with Crippen LogP contribution in [0.25, 0.3) is 0 Å². The number of benzene rings is 1. The van der Waals surface area contributed by atoms with Crippen LogP contribution in [0.2, 0.25) is 5.02 Å². The number of hydrogen-bond acceptors (Lipinski definition) is 4. The second-order valence-electron chi connectivity index (χ2n) is 2.81. The summed E-state index contributed by atoms with van der Waals surface area (Å²) in [6.07, 6.45) is 0. The fourth-order valence-corrected chi connectivity index (χ4v) is 2.56. The first kappa shape index (κ1) is 12.3. The molecule has 1 aromatic rings. The Morgan fingerprint density at radius 3 is 2.67 bits per heavy atom. The Morgan fingerprint density at radius 2 is 2.13 bits per heavy atom. The van der Waals surface area contributed by atoms with Crippen molar-refractivity contribution in [2.24, 2.45) is 0 Å². The standard InChI is InChI=1S/C8H11ClN2O3S/c9-7-5-6(10)1-2-8(7)15(13,14)11-3-4-12/h1-2,5,11-12H,3-4,10H2. The minimum Gasteiger partial charge on any atom is -0.399 e. The van der Waals surface area contributed by atoms with Gasteiger partial charge in [-0.15, -0.1) is 0 Å². The van der Waals surface area contributed by atoms with E-state index in [0.29, 0.717) is 5.69 Å². The highest BCUT2D eigenvalue weighted by molar-refractivity contribution is 7.89. The van der Waals surface area contributed by atoms with E-state index in [4.69, 9.17) is 22.4 Å². The van der Waals surface area contributed by atoms with Crippen LogP contribution in [-0.2, 0) is 10.0 Å². The summed E-state index contributed by atoms with van der Waals surface area (Å²) in [5, 5.41) is 8.57. The van der Waals surface area contributed by atoms with Gasteiger partial charge < -0.3 is 10.8 Å². The lowest BCUT2D eigenvalue weighted by Gasteiger charge is -2.07. The minimum absolute atomic E-state index is 0.0492. The molecule has 0 radical (unpaired) electrons. The predicted molar refractivity (Wildman–Crippen MR) is 58.1 cm³/mol. The molecule has 0 amide bonds. The van der Waals surface area contributed by atoms with E-state index in [1.165, 1.54) is 18.2 Å². The van der Waals surface area contributed by atoms with Gasteiger partial charge in [0, 0.05) is 12.2 Å². The van der Waals surface area contributed by atoms with Crippen molar-refractivity contribution in [2.45, 2.75) is 4.90 Å². The Labute approximate surface area is 92.9 Å². The molecule has 0 aliphatic rings. The predicted octanol–water partition coefficient (Wildman–Crippen LogP) is 0.193. The number of aliphatic hydroxyl groups excluding tert-OH is 1. The zero-order valence-corrected chi connectivity index (χ0v) is 9.35. The molecular formula is C8H11ClN2O3S. The monoisotopic (exact) mass is 250 g/mol. The van der Waals surface area contributed by atoms with Gasteiger partial charge in [-0.25, -0.2) is 13.1 Å². The number of hydrogen-bond donors (Lipinski definition) is 3. The van der Waals surface area contributed by atoms with Crippen molar-refractivity contribution in [2.75, 3.05) is 18.9 Å². The van der Waals surface area contributed by atoms with Gasteiger partial charge in [-0.05, 0) is 18.2 Å². The number of rotatable bonds is 4. The van der Waals surface area contributed by atoms with E-state index in [1.807, 2.05) is 0 Å². The molecule has 0 saturated heterocycles. The maximum absolute atomic E-state index is 11.6. The van der Waals surface area contributed by atoms with Crippen LogP contribution >= 0.6 is 11.6 Å². The Hall–Kier alpha value is -0.820. The molecule has 1 aromatic carbocycles. The van der Waals surface area contributed by atoms with Gasteiger partial charge >= 0.3 is 0 Å². The fourth-order valence-electron chi connectivity index (χ4n) is 0.993. The van der Waals surface area contributed by atoms with Crippen LogP contribution < -0.4 is 10.5 Å². The first-order valence-electron chi connectivity index (χ1n) is 4.13. The molecule has 0 aromatic heterocycles. The maximum Gasteiger partial charge on any atom is 0.242 e. The van der Waals surface area contributed by atoms with Crippen LogP contribution in [0.4, 0.5) is 5.69 Å². The molecule has 7 heteroatoms. The highest BCUT2D eigenvalue weighted by Crippen LogP contribution is 2.23. The van der Waals surface area contributed by atoms with Crippen molar-refractivity contribution in [3.05, 3.63) is 23.2 Å². The topological polar surface area (TPSA) is 92.4 Å². The third-order valence-electron chi connectivity index (χ3n) is 1.65. The molecule has 1 rings (SSSR count). The minimum atomic E-state index is -3.67. The normalized spacial score (nSPS) is 11.6. The molecule has 0 heterocycles. The van der Waals surface area contributed by atoms with E-state index in [-0.39, 0.29) is 23.1 Å². The third kappa shape index (κ3) is 3.07. The van der Waals surface area contributed by atoms with Gasteiger partial charge in [-0.3, -0.25) is 0 Å². The highest BCUT2D eigenvalue weighted by Gasteiger charge is 2.16. The molecule has 15 heavy (non-hydrogen) atoms. The summed E-state index contributed by atoms with van der Waals surface area (Å²) in [5.74, 6) is 0. The number of nitrogens with two attached hydrogens (primary N) is 1. The zero-order chi connectivity index (χ0) is 11.5. The molecule has 0 atom stereocenters. The molecule has 0 spiro atoms. The number of nitrogens with one attached hydrogen (secondary N) is 1. The van der Waals surface area contributed by atoms with Crippen LogP contribution in [-0.4, -0.2) is 26.7 Å². The van der Waals surface area contributed by atoms with Gasteiger partial charge in [0.1, 0.15) is 4.90 Å². The summed E-state index contributed by atoms with van der Waals surface area (Å²) >= 11 is 5.73. The van der Waals surface area contributed by atoms with E-state index in [1.54, 1.807) is 0 Å².